The molecule has 2 aromatic carbocycles. The van der Waals surface area contributed by atoms with Crippen molar-refractivity contribution in [3.8, 4) is 0 Å². The lowest BCUT2D eigenvalue weighted by atomic mass is 10.2. The van der Waals surface area contributed by atoms with E-state index in [-0.39, 0.29) is 30.5 Å². The van der Waals surface area contributed by atoms with Crippen molar-refractivity contribution in [1.29, 1.82) is 0 Å². The third-order valence-corrected chi connectivity index (χ3v) is 5.63. The molecule has 1 saturated heterocycles. The molecule has 1 N–H and O–H groups in total. The van der Waals surface area contributed by atoms with E-state index < -0.39 is 4.92 Å². The van der Waals surface area contributed by atoms with Gasteiger partial charge < -0.3 is 5.32 Å². The Bertz CT molecular complexity index is 1020. The van der Waals surface area contributed by atoms with E-state index in [1.807, 2.05) is 31.2 Å². The number of rotatable bonds is 6. The fourth-order valence-electron chi connectivity index (χ4n) is 2.68. The van der Waals surface area contributed by atoms with Gasteiger partial charge in [0, 0.05) is 30.8 Å². The van der Waals surface area contributed by atoms with E-state index in [1.54, 1.807) is 18.2 Å². The minimum absolute atomic E-state index is 0.0191. The summed E-state index contributed by atoms with van der Waals surface area (Å²) in [5.74, 6) is -0.477. The summed E-state index contributed by atoms with van der Waals surface area (Å²) in [6.07, 6.45) is 1.75. The molecule has 0 radical (unpaired) electrons. The van der Waals surface area contributed by atoms with Crippen LogP contribution in [0.5, 0.6) is 0 Å². The Balaban J connectivity index is 1.62. The van der Waals surface area contributed by atoms with Gasteiger partial charge in [-0.25, -0.2) is 0 Å². The zero-order valence-corrected chi connectivity index (χ0v) is 17.1. The first-order chi connectivity index (χ1) is 13.8. The normalized spacial score (nSPS) is 15.1. The van der Waals surface area contributed by atoms with E-state index in [2.05, 4.69) is 5.32 Å². The van der Waals surface area contributed by atoms with Crippen molar-refractivity contribution >= 4 is 57.6 Å². The quantitative estimate of drug-likeness (QED) is 0.322. The predicted octanol–water partition coefficient (Wildman–Crippen LogP) is 4.13. The molecule has 0 spiro atoms. The number of nitrogens with one attached hydrogen (secondary N) is 1. The maximum absolute atomic E-state index is 12.6. The smallest absolute Gasteiger partial charge is 0.269 e. The Hall–Kier alpha value is -3.04. The van der Waals surface area contributed by atoms with E-state index in [1.165, 1.54) is 17.0 Å². The largest absolute Gasteiger partial charge is 0.326 e. The maximum Gasteiger partial charge on any atom is 0.269 e. The van der Waals surface area contributed by atoms with Crippen LogP contribution in [0.25, 0.3) is 6.08 Å². The number of thioether (sulfide) groups is 1. The summed E-state index contributed by atoms with van der Waals surface area (Å²) in [6, 6.07) is 13.3. The van der Waals surface area contributed by atoms with Crippen LogP contribution in [0, 0.1) is 17.0 Å². The molecule has 2 aromatic rings. The Labute approximate surface area is 176 Å². The van der Waals surface area contributed by atoms with Crippen LogP contribution >= 0.6 is 24.0 Å². The maximum atomic E-state index is 12.6. The number of amides is 2. The topological polar surface area (TPSA) is 92.6 Å². The van der Waals surface area contributed by atoms with Gasteiger partial charge >= 0.3 is 0 Å². The molecule has 1 aliphatic heterocycles. The second-order valence-electron chi connectivity index (χ2n) is 6.30. The SMILES string of the molecule is Cc1ccccc1NC(=O)CCN1C(=O)/C(=C/c2ccc([N+](=O)[O-])cc2)SC1=S. The number of benzene rings is 2. The van der Waals surface area contributed by atoms with Crippen LogP contribution in [-0.4, -0.2) is 32.5 Å². The average molecular weight is 428 g/mol. The lowest BCUT2D eigenvalue weighted by molar-refractivity contribution is -0.384. The monoisotopic (exact) mass is 427 g/mol. The Morgan fingerprint density at radius 3 is 2.59 bits per heavy atom. The number of aryl methyl sites for hydroxylation is 1. The third kappa shape index (κ3) is 5.07. The van der Waals surface area contributed by atoms with E-state index in [0.29, 0.717) is 14.8 Å². The number of non-ortho nitro benzene ring substituents is 1. The highest BCUT2D eigenvalue weighted by Gasteiger charge is 2.32. The van der Waals surface area contributed by atoms with Gasteiger partial charge in [0.1, 0.15) is 4.32 Å². The number of nitrogens with zero attached hydrogens (tertiary/aromatic N) is 2. The molecule has 7 nitrogen and oxygen atoms in total. The molecule has 0 bridgehead atoms. The second kappa shape index (κ2) is 8.97. The Morgan fingerprint density at radius 2 is 1.93 bits per heavy atom. The molecule has 1 aliphatic rings. The van der Waals surface area contributed by atoms with Crippen LogP contribution in [0.3, 0.4) is 0 Å². The van der Waals surface area contributed by atoms with E-state index in [9.17, 15) is 19.7 Å². The van der Waals surface area contributed by atoms with Crippen LogP contribution in [-0.2, 0) is 9.59 Å². The molecule has 0 saturated carbocycles. The lowest BCUT2D eigenvalue weighted by Gasteiger charge is -2.14. The molecule has 3 rings (SSSR count). The number of carbonyl (C=O) groups is 2. The van der Waals surface area contributed by atoms with Crippen molar-refractivity contribution in [3.63, 3.8) is 0 Å². The van der Waals surface area contributed by atoms with Gasteiger partial charge in [-0.3, -0.25) is 24.6 Å². The van der Waals surface area contributed by atoms with Crippen molar-refractivity contribution in [2.24, 2.45) is 0 Å². The highest BCUT2D eigenvalue weighted by Crippen LogP contribution is 2.32. The van der Waals surface area contributed by atoms with Crippen LogP contribution < -0.4 is 5.32 Å². The molecule has 0 aromatic heterocycles. The summed E-state index contributed by atoms with van der Waals surface area (Å²) in [5, 5.41) is 13.6. The van der Waals surface area contributed by atoms with Gasteiger partial charge in [-0.15, -0.1) is 0 Å². The molecule has 0 atom stereocenters. The molecule has 9 heteroatoms. The van der Waals surface area contributed by atoms with Gasteiger partial charge in [-0.1, -0.05) is 42.2 Å². The van der Waals surface area contributed by atoms with Crippen LogP contribution in [0.2, 0.25) is 0 Å². The van der Waals surface area contributed by atoms with Gasteiger partial charge in [-0.2, -0.15) is 0 Å². The number of thiocarbonyl (C=S) groups is 1. The van der Waals surface area contributed by atoms with E-state index in [4.69, 9.17) is 12.2 Å². The molecule has 1 fully saturated rings. The highest BCUT2D eigenvalue weighted by molar-refractivity contribution is 8.26. The molecule has 1 heterocycles. The van der Waals surface area contributed by atoms with Gasteiger partial charge in [0.2, 0.25) is 5.91 Å². The zero-order valence-electron chi connectivity index (χ0n) is 15.5. The molecular formula is C20H17N3O4S2. The number of anilines is 1. The summed E-state index contributed by atoms with van der Waals surface area (Å²) in [4.78, 5) is 36.9. The van der Waals surface area contributed by atoms with Gasteiger partial charge in [0.05, 0.1) is 9.83 Å². The molecule has 0 unspecified atom stereocenters. The Morgan fingerprint density at radius 1 is 1.24 bits per heavy atom. The lowest BCUT2D eigenvalue weighted by Crippen LogP contribution is -2.31. The first-order valence-electron chi connectivity index (χ1n) is 8.70. The summed E-state index contributed by atoms with van der Waals surface area (Å²) in [5.41, 5.74) is 2.33. The van der Waals surface area contributed by atoms with Crippen molar-refractivity contribution < 1.29 is 14.5 Å². The minimum Gasteiger partial charge on any atom is -0.326 e. The molecule has 0 aliphatic carbocycles. The van der Waals surface area contributed by atoms with E-state index in [0.717, 1.165) is 23.0 Å². The summed E-state index contributed by atoms with van der Waals surface area (Å²) in [7, 11) is 0. The third-order valence-electron chi connectivity index (χ3n) is 4.26. The van der Waals surface area contributed by atoms with Crippen molar-refractivity contribution in [1.82, 2.24) is 4.90 Å². The summed E-state index contributed by atoms with van der Waals surface area (Å²) in [6.45, 7) is 2.08. The van der Waals surface area contributed by atoms with Gasteiger partial charge in [0.25, 0.3) is 11.6 Å². The molecule has 29 heavy (non-hydrogen) atoms. The Kier molecular flexibility index (Phi) is 6.40. The standard InChI is InChI=1S/C20H17N3O4S2/c1-13-4-2-3-5-16(13)21-18(24)10-11-22-19(25)17(29-20(22)28)12-14-6-8-15(9-7-14)23(26)27/h2-9,12H,10-11H2,1H3,(H,21,24)/b17-12-. The molecule has 2 amide bonds. The van der Waals surface area contributed by atoms with Gasteiger partial charge in [-0.05, 0) is 42.3 Å². The van der Waals surface area contributed by atoms with E-state index >= 15 is 0 Å². The highest BCUT2D eigenvalue weighted by atomic mass is 32.2. The van der Waals surface area contributed by atoms with Crippen molar-refractivity contribution in [2.75, 3.05) is 11.9 Å². The summed E-state index contributed by atoms with van der Waals surface area (Å²) >= 11 is 6.42. The number of nitro groups is 1. The number of hydrogen-bond donors (Lipinski definition) is 1. The van der Waals surface area contributed by atoms with Gasteiger partial charge in [0.15, 0.2) is 0 Å². The van der Waals surface area contributed by atoms with Crippen LogP contribution in [0.15, 0.2) is 53.4 Å². The predicted molar refractivity (Wildman–Crippen MR) is 117 cm³/mol. The zero-order chi connectivity index (χ0) is 21.0. The second-order valence-corrected chi connectivity index (χ2v) is 7.97. The number of hydrogen-bond acceptors (Lipinski definition) is 6. The number of para-hydroxylation sites is 1. The average Bonchev–Trinajstić information content (AvgIpc) is 2.95. The molecular weight excluding hydrogens is 410 g/mol. The number of carbonyl (C=O) groups excluding carboxylic acids is 2. The van der Waals surface area contributed by atoms with Crippen LogP contribution in [0.4, 0.5) is 11.4 Å². The molecule has 148 valence electrons. The first-order valence-corrected chi connectivity index (χ1v) is 9.93. The van der Waals surface area contributed by atoms with Crippen molar-refractivity contribution in [2.45, 2.75) is 13.3 Å². The fourth-order valence-corrected chi connectivity index (χ4v) is 3.98. The minimum atomic E-state index is -0.481. The fraction of sp³-hybridized carbons (Fsp3) is 0.150. The summed E-state index contributed by atoms with van der Waals surface area (Å²) < 4.78 is 0.381. The van der Waals surface area contributed by atoms with Crippen LogP contribution in [0.1, 0.15) is 17.5 Å². The first kappa shape index (κ1) is 20.7. The van der Waals surface area contributed by atoms with Crippen molar-refractivity contribution in [3.05, 3.63) is 74.7 Å². The number of nitro benzene ring substituents is 1.